The Morgan fingerprint density at radius 2 is 1.58 bits per heavy atom. The number of hydrogen-bond acceptors (Lipinski definition) is 8. The molecule has 7 atom stereocenters. The van der Waals surface area contributed by atoms with Crippen LogP contribution >= 0.6 is 0 Å². The number of likely N-dealkylation sites (N-methyl/N-ethyl adjacent to an activating group) is 1. The van der Waals surface area contributed by atoms with Crippen LogP contribution in [0.15, 0.2) is 109 Å². The van der Waals surface area contributed by atoms with E-state index < -0.39 is 59.5 Å². The molecule has 5 bridgehead atoms. The van der Waals surface area contributed by atoms with Gasteiger partial charge in [-0.25, -0.2) is 5.06 Å². The summed E-state index contributed by atoms with van der Waals surface area (Å²) >= 11 is 0. The molecule has 2 saturated heterocycles. The van der Waals surface area contributed by atoms with E-state index in [0.717, 1.165) is 16.2 Å². The van der Waals surface area contributed by atoms with Crippen molar-refractivity contribution in [3.05, 3.63) is 126 Å². The number of rotatable bonds is 7. The van der Waals surface area contributed by atoms with Gasteiger partial charge in [0.2, 0.25) is 5.91 Å². The van der Waals surface area contributed by atoms with Crippen LogP contribution in [-0.2, 0) is 46.6 Å². The van der Waals surface area contributed by atoms with Gasteiger partial charge in [-0.05, 0) is 42.2 Å². The second-order valence-electron chi connectivity index (χ2n) is 13.7. The number of esters is 1. The molecule has 0 aliphatic carbocycles. The van der Waals surface area contributed by atoms with Crippen LogP contribution in [0.2, 0.25) is 0 Å². The fourth-order valence-corrected chi connectivity index (χ4v) is 7.72. The molecule has 11 heteroatoms. The molecule has 2 fully saturated rings. The maximum Gasteiger partial charge on any atom is 0.313 e. The third-order valence-electron chi connectivity index (χ3n) is 10.6. The zero-order valence-corrected chi connectivity index (χ0v) is 29.5. The average Bonchev–Trinajstić information content (AvgIpc) is 3.82. The fourth-order valence-electron chi connectivity index (χ4n) is 7.72. The van der Waals surface area contributed by atoms with Gasteiger partial charge in [-0.3, -0.25) is 24.0 Å². The first-order chi connectivity index (χ1) is 25.2. The molecule has 0 N–H and O–H groups in total. The molecule has 52 heavy (non-hydrogen) atoms. The number of methoxy groups -OCH3 is 1. The van der Waals surface area contributed by atoms with Gasteiger partial charge in [-0.2, -0.15) is 0 Å². The van der Waals surface area contributed by atoms with Crippen LogP contribution in [0.25, 0.3) is 0 Å². The predicted molar refractivity (Wildman–Crippen MR) is 190 cm³/mol. The Kier molecular flexibility index (Phi) is 9.98. The lowest BCUT2D eigenvalue weighted by Crippen LogP contribution is -2.55. The molecule has 4 aliphatic rings. The van der Waals surface area contributed by atoms with Gasteiger partial charge in [0.05, 0.1) is 25.2 Å². The average molecular weight is 706 g/mol. The lowest BCUT2D eigenvalue weighted by molar-refractivity contribution is -0.211. The summed E-state index contributed by atoms with van der Waals surface area (Å²) in [6.07, 6.45) is 6.30. The Bertz CT molecular complexity index is 1850. The molecule has 0 saturated carbocycles. The molecule has 3 aromatic carbocycles. The molecule has 11 nitrogen and oxygen atoms in total. The van der Waals surface area contributed by atoms with Gasteiger partial charge in [0.15, 0.2) is 6.04 Å². The van der Waals surface area contributed by atoms with E-state index >= 15 is 0 Å². The quantitative estimate of drug-likeness (QED) is 0.255. The summed E-state index contributed by atoms with van der Waals surface area (Å²) in [4.78, 5) is 66.9. The van der Waals surface area contributed by atoms with Gasteiger partial charge in [0.1, 0.15) is 30.0 Å². The minimum Gasteiger partial charge on any atom is -0.497 e. The van der Waals surface area contributed by atoms with Crippen LogP contribution in [-0.4, -0.2) is 83.0 Å². The molecule has 0 aromatic heterocycles. The molecule has 7 rings (SSSR count). The molecular formula is C41H43N3O8. The molecule has 3 aromatic rings. The highest BCUT2D eigenvalue weighted by atomic mass is 16.7. The first-order valence-corrected chi connectivity index (χ1v) is 17.7. The lowest BCUT2D eigenvalue weighted by atomic mass is 9.74. The summed E-state index contributed by atoms with van der Waals surface area (Å²) in [6, 6.07) is 24.3. The number of hydrogen-bond donors (Lipinski definition) is 0. The number of nitrogens with zero attached hydrogens (tertiary/aromatic N) is 3. The number of fused-ring (bicyclic) bond motifs is 2. The summed E-state index contributed by atoms with van der Waals surface area (Å²) in [5.74, 6) is -3.16. The lowest BCUT2D eigenvalue weighted by Gasteiger charge is -2.35. The number of hydroxylamine groups is 2. The smallest absolute Gasteiger partial charge is 0.313 e. The predicted octanol–water partition coefficient (Wildman–Crippen LogP) is 4.79. The van der Waals surface area contributed by atoms with Crippen molar-refractivity contribution < 1.29 is 38.2 Å². The van der Waals surface area contributed by atoms with Crippen molar-refractivity contribution in [3.8, 4) is 5.75 Å². The zero-order chi connectivity index (χ0) is 36.4. The Morgan fingerprint density at radius 3 is 2.29 bits per heavy atom. The Balaban J connectivity index is 1.29. The van der Waals surface area contributed by atoms with Crippen LogP contribution in [0.5, 0.6) is 5.75 Å². The summed E-state index contributed by atoms with van der Waals surface area (Å²) in [7, 11) is 3.28. The molecule has 270 valence electrons. The second kappa shape index (κ2) is 14.8. The summed E-state index contributed by atoms with van der Waals surface area (Å²) in [5, 5.41) is 1.12. The standard InChI is InChI=1S/C41H43N3O8/c1-27-36(30-15-9-5-10-16-30)51-40(48)34-32-22-23-41(52-32)35(34)38(46)44(50-26-29-18-20-31(49-3)21-19-29)37(41)39(47)43(25-28-13-7-4-8-14-28)24-12-6-11-17-33(45)42(27)2/h4-10,12-16,18-23,27,32,34-37H,11,17,24-26H2,1-3H3/b12-6-/t27-,32+,34-,35-,36+,37+,41-/m1/s1. The number of carbonyl (C=O) groups excluding carboxylic acids is 4. The maximum absolute atomic E-state index is 14.9. The normalized spacial score (nSPS) is 29.7. The van der Waals surface area contributed by atoms with E-state index in [0.29, 0.717) is 17.7 Å². The minimum absolute atomic E-state index is 0.0167. The molecule has 1 spiro atoms. The monoisotopic (exact) mass is 705 g/mol. The van der Waals surface area contributed by atoms with E-state index in [1.54, 1.807) is 48.2 Å². The first-order valence-electron chi connectivity index (χ1n) is 17.7. The highest BCUT2D eigenvalue weighted by Crippen LogP contribution is 2.56. The molecular weight excluding hydrogens is 662 g/mol. The van der Waals surface area contributed by atoms with E-state index in [9.17, 15) is 19.2 Å². The van der Waals surface area contributed by atoms with Gasteiger partial charge >= 0.3 is 5.97 Å². The fraction of sp³-hybridized carbons (Fsp3) is 0.366. The molecule has 3 amide bonds. The van der Waals surface area contributed by atoms with Crippen molar-refractivity contribution in [2.45, 2.75) is 62.8 Å². The van der Waals surface area contributed by atoms with Gasteiger partial charge in [-0.15, -0.1) is 0 Å². The van der Waals surface area contributed by atoms with E-state index in [-0.39, 0.29) is 32.0 Å². The third-order valence-corrected chi connectivity index (χ3v) is 10.6. The van der Waals surface area contributed by atoms with Gasteiger partial charge < -0.3 is 24.0 Å². The first kappa shape index (κ1) is 35.2. The van der Waals surface area contributed by atoms with Gasteiger partial charge in [0.25, 0.3) is 11.8 Å². The Hall–Kier alpha value is -5.26. The van der Waals surface area contributed by atoms with Crippen LogP contribution in [0.3, 0.4) is 0 Å². The van der Waals surface area contributed by atoms with Crippen LogP contribution in [0.1, 0.15) is 42.6 Å². The summed E-state index contributed by atoms with van der Waals surface area (Å²) in [5.41, 5.74) is 0.880. The zero-order valence-electron chi connectivity index (χ0n) is 29.5. The minimum atomic E-state index is -1.48. The largest absolute Gasteiger partial charge is 0.497 e. The Labute approximate surface area is 303 Å². The second-order valence-corrected chi connectivity index (χ2v) is 13.7. The summed E-state index contributed by atoms with van der Waals surface area (Å²) in [6.45, 7) is 2.28. The van der Waals surface area contributed by atoms with Crippen molar-refractivity contribution >= 4 is 23.7 Å². The van der Waals surface area contributed by atoms with E-state index in [1.165, 1.54) is 0 Å². The number of ether oxygens (including phenoxy) is 3. The molecule has 4 aliphatic heterocycles. The van der Waals surface area contributed by atoms with Crippen molar-refractivity contribution in [2.75, 3.05) is 20.7 Å². The van der Waals surface area contributed by atoms with Crippen molar-refractivity contribution in [3.63, 3.8) is 0 Å². The number of carbonyl (C=O) groups is 4. The van der Waals surface area contributed by atoms with Crippen LogP contribution < -0.4 is 4.74 Å². The van der Waals surface area contributed by atoms with Gasteiger partial charge in [0, 0.05) is 26.6 Å². The van der Waals surface area contributed by atoms with Gasteiger partial charge in [-0.1, -0.05) is 97.1 Å². The number of amides is 3. The van der Waals surface area contributed by atoms with Crippen LogP contribution in [0.4, 0.5) is 0 Å². The number of cyclic esters (lactones) is 1. The molecule has 0 unspecified atom stereocenters. The molecule has 0 radical (unpaired) electrons. The number of allylic oxidation sites excluding steroid dienone is 1. The number of benzene rings is 3. The highest BCUT2D eigenvalue weighted by Gasteiger charge is 2.74. The Morgan fingerprint density at radius 1 is 0.865 bits per heavy atom. The highest BCUT2D eigenvalue weighted by molar-refractivity contribution is 5.98. The van der Waals surface area contributed by atoms with E-state index in [2.05, 4.69) is 0 Å². The van der Waals surface area contributed by atoms with Crippen LogP contribution in [0, 0.1) is 11.8 Å². The van der Waals surface area contributed by atoms with E-state index in [4.69, 9.17) is 19.0 Å². The third kappa shape index (κ3) is 6.50. The van der Waals surface area contributed by atoms with Crippen molar-refractivity contribution in [2.24, 2.45) is 11.8 Å². The molecule has 4 heterocycles. The summed E-state index contributed by atoms with van der Waals surface area (Å²) < 4.78 is 18.2. The SMILES string of the molecule is COc1ccc(CON2C(=O)[C@H]3[C@@H]4C(=O)O[C@H](c5ccccc5)[C@@H](C)N(C)C(=O)CC/C=C\CN(Cc5ccccc5)C(=O)[C@H]2[C@@]32C=C[C@@H]4O2)cc1. The van der Waals surface area contributed by atoms with Crippen molar-refractivity contribution in [1.82, 2.24) is 14.9 Å². The van der Waals surface area contributed by atoms with Crippen molar-refractivity contribution in [1.29, 1.82) is 0 Å². The van der Waals surface area contributed by atoms with E-state index in [1.807, 2.05) is 91.9 Å². The maximum atomic E-state index is 14.9. The topological polar surface area (TPSA) is 115 Å².